The number of rotatable bonds is 9. The van der Waals surface area contributed by atoms with E-state index in [4.69, 9.17) is 19.3 Å². The van der Waals surface area contributed by atoms with Gasteiger partial charge in [-0.15, -0.1) is 0 Å². The lowest BCUT2D eigenvalue weighted by Gasteiger charge is -2.14. The smallest absolute Gasteiger partial charge is 0.335 e. The van der Waals surface area contributed by atoms with Crippen LogP contribution in [-0.2, 0) is 6.61 Å². The van der Waals surface area contributed by atoms with Gasteiger partial charge in [-0.3, -0.25) is 4.79 Å². The summed E-state index contributed by atoms with van der Waals surface area (Å²) < 4.78 is 17.6. The molecule has 4 rings (SSSR count). The zero-order valence-electron chi connectivity index (χ0n) is 20.0. The highest BCUT2D eigenvalue weighted by atomic mass is 127. The van der Waals surface area contributed by atoms with E-state index >= 15 is 0 Å². The third-order valence-electron chi connectivity index (χ3n) is 5.53. The molecule has 4 aromatic carbocycles. The summed E-state index contributed by atoms with van der Waals surface area (Å²) in [5.41, 5.74) is 4.66. The minimum atomic E-state index is -0.978. The summed E-state index contributed by atoms with van der Waals surface area (Å²) in [5, 5.41) is 15.0. The molecule has 0 radical (unpaired) electrons. The first-order valence-electron chi connectivity index (χ1n) is 11.1. The van der Waals surface area contributed by atoms with Gasteiger partial charge in [0.05, 0.1) is 35.1 Å². The van der Waals surface area contributed by atoms with E-state index in [2.05, 4.69) is 33.1 Å². The molecule has 0 atom stereocenters. The summed E-state index contributed by atoms with van der Waals surface area (Å²) in [4.78, 5) is 23.8. The van der Waals surface area contributed by atoms with Gasteiger partial charge >= 0.3 is 5.97 Å². The van der Waals surface area contributed by atoms with Crippen LogP contribution >= 0.6 is 22.6 Å². The maximum atomic E-state index is 12.8. The summed E-state index contributed by atoms with van der Waals surface area (Å²) in [6.45, 7) is 0.239. The van der Waals surface area contributed by atoms with Crippen molar-refractivity contribution >= 4 is 51.5 Å². The van der Waals surface area contributed by atoms with Gasteiger partial charge < -0.3 is 19.3 Å². The highest BCUT2D eigenvalue weighted by Gasteiger charge is 2.14. The summed E-state index contributed by atoms with van der Waals surface area (Å²) in [7, 11) is 3.06. The molecular formula is C28H23IN2O6. The second-order valence-electron chi connectivity index (χ2n) is 7.92. The molecule has 0 fully saturated rings. The number of methoxy groups -OCH3 is 2. The first-order valence-corrected chi connectivity index (χ1v) is 12.2. The molecule has 4 aromatic rings. The summed E-state index contributed by atoms with van der Waals surface area (Å²) in [5.74, 6) is 0.134. The average Bonchev–Trinajstić information content (AvgIpc) is 2.91. The Bertz CT molecular complexity index is 1480. The number of carboxylic acids is 1. The zero-order valence-corrected chi connectivity index (χ0v) is 22.2. The molecule has 37 heavy (non-hydrogen) atoms. The Morgan fingerprint density at radius 2 is 1.62 bits per heavy atom. The number of halogens is 1. The molecule has 0 unspecified atom stereocenters. The number of carbonyl (C=O) groups is 2. The highest BCUT2D eigenvalue weighted by Crippen LogP contribution is 2.34. The molecule has 0 saturated heterocycles. The molecule has 0 aliphatic rings. The third-order valence-corrected chi connectivity index (χ3v) is 6.33. The van der Waals surface area contributed by atoms with Crippen LogP contribution in [-0.4, -0.2) is 37.4 Å². The lowest BCUT2D eigenvalue weighted by atomic mass is 10.1. The van der Waals surface area contributed by atoms with Crippen molar-refractivity contribution in [3.8, 4) is 17.2 Å². The SMILES string of the molecule is COc1cc2ccccc2cc1C(=O)N/N=C\c1cc(I)c(OCc2ccc(C(=O)O)cc2)c(OC)c1. The molecule has 9 heteroatoms. The van der Waals surface area contributed by atoms with Gasteiger partial charge in [0.25, 0.3) is 5.91 Å². The van der Waals surface area contributed by atoms with Crippen molar-refractivity contribution in [3.63, 3.8) is 0 Å². The molecule has 0 aliphatic carbocycles. The number of fused-ring (bicyclic) bond motifs is 1. The lowest BCUT2D eigenvalue weighted by molar-refractivity contribution is 0.0696. The van der Waals surface area contributed by atoms with E-state index in [9.17, 15) is 9.59 Å². The number of amides is 1. The van der Waals surface area contributed by atoms with Gasteiger partial charge in [0.15, 0.2) is 11.5 Å². The molecule has 0 aliphatic heterocycles. The van der Waals surface area contributed by atoms with Crippen LogP contribution in [0.25, 0.3) is 10.8 Å². The third kappa shape index (κ3) is 6.18. The van der Waals surface area contributed by atoms with Crippen LogP contribution in [0.4, 0.5) is 0 Å². The number of carboxylic acid groups (broad SMARTS) is 1. The number of ether oxygens (including phenoxy) is 3. The Morgan fingerprint density at radius 1 is 0.946 bits per heavy atom. The molecule has 8 nitrogen and oxygen atoms in total. The van der Waals surface area contributed by atoms with Gasteiger partial charge in [-0.25, -0.2) is 10.2 Å². The molecule has 0 spiro atoms. The van der Waals surface area contributed by atoms with Gasteiger partial charge in [-0.1, -0.05) is 36.4 Å². The normalized spacial score (nSPS) is 10.9. The van der Waals surface area contributed by atoms with E-state index in [0.29, 0.717) is 28.4 Å². The van der Waals surface area contributed by atoms with Crippen molar-refractivity contribution in [1.29, 1.82) is 0 Å². The fraction of sp³-hybridized carbons (Fsp3) is 0.107. The quantitative estimate of drug-likeness (QED) is 0.147. The molecule has 1 amide bonds. The predicted octanol–water partition coefficient (Wildman–Crippen LogP) is 5.50. The van der Waals surface area contributed by atoms with Crippen LogP contribution in [0, 0.1) is 3.57 Å². The van der Waals surface area contributed by atoms with Crippen LogP contribution in [0.2, 0.25) is 0 Å². The van der Waals surface area contributed by atoms with Crippen LogP contribution in [0.3, 0.4) is 0 Å². The molecular weight excluding hydrogens is 587 g/mol. The Hall–Kier alpha value is -4.12. The second-order valence-corrected chi connectivity index (χ2v) is 9.09. The molecule has 0 aromatic heterocycles. The number of hydrogen-bond acceptors (Lipinski definition) is 6. The van der Waals surface area contributed by atoms with E-state index in [1.807, 2.05) is 36.4 Å². The van der Waals surface area contributed by atoms with Crippen molar-refractivity contribution < 1.29 is 28.9 Å². The molecule has 188 valence electrons. The number of hydrazone groups is 1. The van der Waals surface area contributed by atoms with E-state index in [1.165, 1.54) is 32.6 Å². The average molecular weight is 610 g/mol. The molecule has 2 N–H and O–H groups in total. The van der Waals surface area contributed by atoms with E-state index < -0.39 is 11.9 Å². The summed E-state index contributed by atoms with van der Waals surface area (Å²) in [6.07, 6.45) is 1.52. The van der Waals surface area contributed by atoms with Crippen LogP contribution in [0.5, 0.6) is 17.2 Å². The van der Waals surface area contributed by atoms with E-state index in [1.54, 1.807) is 24.3 Å². The summed E-state index contributed by atoms with van der Waals surface area (Å²) >= 11 is 2.14. The minimum absolute atomic E-state index is 0.214. The number of hydrogen-bond donors (Lipinski definition) is 2. The number of nitrogens with zero attached hydrogens (tertiary/aromatic N) is 1. The van der Waals surface area contributed by atoms with E-state index in [0.717, 1.165) is 19.9 Å². The largest absolute Gasteiger partial charge is 0.496 e. The van der Waals surface area contributed by atoms with Gasteiger partial charge in [-0.2, -0.15) is 5.10 Å². The lowest BCUT2D eigenvalue weighted by Crippen LogP contribution is -2.18. The van der Waals surface area contributed by atoms with Crippen LogP contribution in [0.1, 0.15) is 31.8 Å². The fourth-order valence-corrected chi connectivity index (χ4v) is 4.43. The van der Waals surface area contributed by atoms with Crippen molar-refractivity contribution in [2.75, 3.05) is 14.2 Å². The van der Waals surface area contributed by atoms with Gasteiger partial charge in [0.1, 0.15) is 12.4 Å². The standard InChI is InChI=1S/C28H23IN2O6/c1-35-24-14-21-6-4-3-5-20(21)13-22(24)27(32)31-30-15-18-11-23(29)26(25(12-18)36-2)37-16-17-7-9-19(10-8-17)28(33)34/h3-15H,16H2,1-2H3,(H,31,32)(H,33,34)/b30-15-. The summed E-state index contributed by atoms with van der Waals surface area (Å²) in [6, 6.07) is 21.4. The molecule has 0 saturated carbocycles. The molecule has 0 heterocycles. The first kappa shape index (κ1) is 26.0. The minimum Gasteiger partial charge on any atom is -0.496 e. The van der Waals surface area contributed by atoms with Crippen molar-refractivity contribution in [2.45, 2.75) is 6.61 Å². The van der Waals surface area contributed by atoms with Gasteiger partial charge in [0.2, 0.25) is 0 Å². The van der Waals surface area contributed by atoms with Gasteiger partial charge in [-0.05, 0) is 80.9 Å². The first-order chi connectivity index (χ1) is 17.9. The predicted molar refractivity (Wildman–Crippen MR) is 149 cm³/mol. The Kier molecular flexibility index (Phi) is 8.24. The van der Waals surface area contributed by atoms with Gasteiger partial charge in [0, 0.05) is 0 Å². The maximum Gasteiger partial charge on any atom is 0.335 e. The van der Waals surface area contributed by atoms with Crippen molar-refractivity contribution in [3.05, 3.63) is 98.6 Å². The van der Waals surface area contributed by atoms with Crippen molar-refractivity contribution in [1.82, 2.24) is 5.43 Å². The number of nitrogens with one attached hydrogen (secondary N) is 1. The highest BCUT2D eigenvalue weighted by molar-refractivity contribution is 14.1. The van der Waals surface area contributed by atoms with Crippen molar-refractivity contribution in [2.24, 2.45) is 5.10 Å². The monoisotopic (exact) mass is 610 g/mol. The zero-order chi connectivity index (χ0) is 26.4. The number of benzene rings is 4. The van der Waals surface area contributed by atoms with E-state index in [-0.39, 0.29) is 12.2 Å². The van der Waals surface area contributed by atoms with Crippen LogP contribution in [0.15, 0.2) is 77.9 Å². The Morgan fingerprint density at radius 3 is 2.27 bits per heavy atom. The van der Waals surface area contributed by atoms with Crippen LogP contribution < -0.4 is 19.6 Å². The second kappa shape index (κ2) is 11.7. The maximum absolute atomic E-state index is 12.8. The number of carbonyl (C=O) groups excluding carboxylic acids is 1. The fourth-order valence-electron chi connectivity index (χ4n) is 3.64. The Labute approximate surface area is 227 Å². The Balaban J connectivity index is 1.46. The molecule has 0 bridgehead atoms. The number of aromatic carboxylic acids is 1. The topological polar surface area (TPSA) is 106 Å².